The summed E-state index contributed by atoms with van der Waals surface area (Å²) in [5.41, 5.74) is 0.398. The number of hydrogen-bond acceptors (Lipinski definition) is 2. The van der Waals surface area contributed by atoms with Gasteiger partial charge in [-0.2, -0.15) is 0 Å². The third-order valence-corrected chi connectivity index (χ3v) is 4.74. The Morgan fingerprint density at radius 1 is 1.45 bits per heavy atom. The second-order valence-electron chi connectivity index (χ2n) is 6.73. The molecule has 1 aliphatic heterocycles. The van der Waals surface area contributed by atoms with Gasteiger partial charge in [-0.15, -0.1) is 30.6 Å². The molecule has 1 aromatic rings. The molecule has 1 aliphatic rings. The maximum atomic E-state index is 5.35. The standard InChI is InChI=1S/C17H27N3O.HI/c1-6-10-18-15(19-11-9-14-8-7-12-21-14)20-13-16(2,3)17(20,4)5;/h6-8,12H,1,9-11,13H2,2-5H3,(H,18,19);1H. The fourth-order valence-corrected chi connectivity index (χ4v) is 2.53. The first-order chi connectivity index (χ1) is 9.88. The van der Waals surface area contributed by atoms with Crippen molar-refractivity contribution in [2.75, 3.05) is 19.6 Å². The number of hydrogen-bond donors (Lipinski definition) is 1. The van der Waals surface area contributed by atoms with E-state index < -0.39 is 0 Å². The number of likely N-dealkylation sites (tertiary alicyclic amines) is 1. The molecule has 0 aromatic carbocycles. The van der Waals surface area contributed by atoms with E-state index in [-0.39, 0.29) is 29.5 Å². The van der Waals surface area contributed by atoms with Crippen LogP contribution in [0.25, 0.3) is 0 Å². The lowest BCUT2D eigenvalue weighted by Crippen LogP contribution is -2.72. The van der Waals surface area contributed by atoms with E-state index in [1.54, 1.807) is 6.26 Å². The number of aliphatic imine (C=N–C) groups is 1. The molecule has 22 heavy (non-hydrogen) atoms. The molecule has 0 unspecified atom stereocenters. The highest BCUT2D eigenvalue weighted by molar-refractivity contribution is 14.0. The minimum Gasteiger partial charge on any atom is -0.469 e. The van der Waals surface area contributed by atoms with E-state index in [0.29, 0.717) is 5.41 Å². The summed E-state index contributed by atoms with van der Waals surface area (Å²) < 4.78 is 5.35. The van der Waals surface area contributed by atoms with Crippen molar-refractivity contribution in [1.82, 2.24) is 10.2 Å². The lowest BCUT2D eigenvalue weighted by atomic mass is 9.65. The van der Waals surface area contributed by atoms with Crippen LogP contribution in [0.4, 0.5) is 0 Å². The Labute approximate surface area is 151 Å². The van der Waals surface area contributed by atoms with Crippen molar-refractivity contribution >= 4 is 29.9 Å². The first-order valence-electron chi connectivity index (χ1n) is 7.58. The Bertz CT molecular complexity index is 506. The van der Waals surface area contributed by atoms with E-state index in [9.17, 15) is 0 Å². The van der Waals surface area contributed by atoms with E-state index in [4.69, 9.17) is 9.41 Å². The predicted octanol–water partition coefficient (Wildman–Crippen LogP) is 3.69. The molecule has 124 valence electrons. The van der Waals surface area contributed by atoms with Crippen molar-refractivity contribution < 1.29 is 4.42 Å². The largest absolute Gasteiger partial charge is 0.469 e. The molecule has 0 saturated carbocycles. The van der Waals surface area contributed by atoms with Crippen LogP contribution in [0.15, 0.2) is 40.5 Å². The Balaban J connectivity index is 0.00000242. The van der Waals surface area contributed by atoms with Crippen LogP contribution in [0.5, 0.6) is 0 Å². The zero-order valence-corrected chi connectivity index (χ0v) is 16.4. The SMILES string of the molecule is C=CCNC(=NCCc1ccco1)N1CC(C)(C)C1(C)C.I. The summed E-state index contributed by atoms with van der Waals surface area (Å²) in [4.78, 5) is 7.09. The average Bonchev–Trinajstić information content (AvgIpc) is 2.93. The fourth-order valence-electron chi connectivity index (χ4n) is 2.53. The zero-order valence-electron chi connectivity index (χ0n) is 14.1. The highest BCUT2D eigenvalue weighted by atomic mass is 127. The van der Waals surface area contributed by atoms with Gasteiger partial charge in [0.25, 0.3) is 0 Å². The van der Waals surface area contributed by atoms with Crippen LogP contribution >= 0.6 is 24.0 Å². The highest BCUT2D eigenvalue weighted by Crippen LogP contribution is 2.46. The molecule has 2 heterocycles. The van der Waals surface area contributed by atoms with E-state index in [1.807, 2.05) is 18.2 Å². The van der Waals surface area contributed by atoms with Crippen LogP contribution in [0.3, 0.4) is 0 Å². The number of halogens is 1. The molecule has 1 fully saturated rings. The summed E-state index contributed by atoms with van der Waals surface area (Å²) in [5.74, 6) is 1.94. The van der Waals surface area contributed by atoms with Crippen LogP contribution in [0.1, 0.15) is 33.5 Å². The maximum absolute atomic E-state index is 5.35. The summed E-state index contributed by atoms with van der Waals surface area (Å²) in [6.45, 7) is 15.4. The van der Waals surface area contributed by atoms with Gasteiger partial charge in [0, 0.05) is 37.0 Å². The van der Waals surface area contributed by atoms with Crippen molar-refractivity contribution in [3.8, 4) is 0 Å². The van der Waals surface area contributed by atoms with Crippen LogP contribution < -0.4 is 5.32 Å². The Morgan fingerprint density at radius 3 is 2.68 bits per heavy atom. The first kappa shape index (κ1) is 19.1. The lowest BCUT2D eigenvalue weighted by molar-refractivity contribution is -0.0666. The zero-order chi connectivity index (χ0) is 15.5. The summed E-state index contributed by atoms with van der Waals surface area (Å²) in [6.07, 6.45) is 4.39. The molecule has 1 N–H and O–H groups in total. The van der Waals surface area contributed by atoms with Crippen LogP contribution in [-0.2, 0) is 6.42 Å². The van der Waals surface area contributed by atoms with Crippen LogP contribution in [-0.4, -0.2) is 36.0 Å². The lowest BCUT2D eigenvalue weighted by Gasteiger charge is -2.62. The molecule has 0 radical (unpaired) electrons. The molecule has 4 nitrogen and oxygen atoms in total. The van der Waals surface area contributed by atoms with Crippen molar-refractivity contribution in [2.45, 2.75) is 39.7 Å². The van der Waals surface area contributed by atoms with Gasteiger partial charge in [0.2, 0.25) is 0 Å². The first-order valence-corrected chi connectivity index (χ1v) is 7.58. The van der Waals surface area contributed by atoms with Crippen molar-refractivity contribution in [3.63, 3.8) is 0 Å². The number of rotatable bonds is 5. The van der Waals surface area contributed by atoms with Gasteiger partial charge in [-0.3, -0.25) is 4.99 Å². The Morgan fingerprint density at radius 2 is 2.18 bits per heavy atom. The van der Waals surface area contributed by atoms with Gasteiger partial charge in [-0.05, 0) is 26.0 Å². The van der Waals surface area contributed by atoms with Gasteiger partial charge in [0.1, 0.15) is 5.76 Å². The predicted molar refractivity (Wildman–Crippen MR) is 103 cm³/mol. The maximum Gasteiger partial charge on any atom is 0.194 e. The van der Waals surface area contributed by atoms with Gasteiger partial charge in [0.05, 0.1) is 6.26 Å². The molecule has 0 atom stereocenters. The highest BCUT2D eigenvalue weighted by Gasteiger charge is 2.53. The third kappa shape index (κ3) is 3.86. The molecule has 0 bridgehead atoms. The third-order valence-electron chi connectivity index (χ3n) is 4.74. The van der Waals surface area contributed by atoms with Crippen LogP contribution in [0, 0.1) is 5.41 Å². The second-order valence-corrected chi connectivity index (χ2v) is 6.73. The van der Waals surface area contributed by atoms with Gasteiger partial charge in [-0.1, -0.05) is 19.9 Å². The fraction of sp³-hybridized carbons (Fsp3) is 0.588. The van der Waals surface area contributed by atoms with E-state index in [1.165, 1.54) is 0 Å². The van der Waals surface area contributed by atoms with E-state index in [2.05, 4.69) is 44.5 Å². The monoisotopic (exact) mass is 417 g/mol. The van der Waals surface area contributed by atoms with Gasteiger partial charge in [-0.25, -0.2) is 0 Å². The normalized spacial score (nSPS) is 19.1. The topological polar surface area (TPSA) is 40.8 Å². The minimum atomic E-state index is 0. The van der Waals surface area contributed by atoms with Crippen molar-refractivity contribution in [1.29, 1.82) is 0 Å². The van der Waals surface area contributed by atoms with Gasteiger partial charge < -0.3 is 14.6 Å². The minimum absolute atomic E-state index is 0. The molecule has 0 aliphatic carbocycles. The Kier molecular flexibility index (Phi) is 6.52. The van der Waals surface area contributed by atoms with Crippen LogP contribution in [0.2, 0.25) is 0 Å². The summed E-state index contributed by atoms with van der Waals surface area (Å²) in [6, 6.07) is 3.90. The van der Waals surface area contributed by atoms with Crippen molar-refractivity contribution in [3.05, 3.63) is 36.8 Å². The second kappa shape index (κ2) is 7.53. The smallest absolute Gasteiger partial charge is 0.194 e. The summed E-state index contributed by atoms with van der Waals surface area (Å²) >= 11 is 0. The average molecular weight is 417 g/mol. The molecule has 5 heteroatoms. The molecule has 1 aromatic heterocycles. The van der Waals surface area contributed by atoms with Gasteiger partial charge >= 0.3 is 0 Å². The number of nitrogens with zero attached hydrogens (tertiary/aromatic N) is 2. The molecule has 1 saturated heterocycles. The van der Waals surface area contributed by atoms with E-state index >= 15 is 0 Å². The van der Waals surface area contributed by atoms with Gasteiger partial charge in [0.15, 0.2) is 5.96 Å². The van der Waals surface area contributed by atoms with E-state index in [0.717, 1.165) is 37.8 Å². The molecule has 0 amide bonds. The number of guanidine groups is 1. The quantitative estimate of drug-likeness (QED) is 0.344. The summed E-state index contributed by atoms with van der Waals surface area (Å²) in [5, 5.41) is 3.37. The number of furan rings is 1. The molecule has 0 spiro atoms. The molecular weight excluding hydrogens is 389 g/mol. The Hall–Kier alpha value is -0.980. The van der Waals surface area contributed by atoms with Crippen molar-refractivity contribution in [2.24, 2.45) is 10.4 Å². The number of nitrogens with one attached hydrogen (secondary N) is 1. The molecular formula is C17H28IN3O. The molecule has 2 rings (SSSR count). The summed E-state index contributed by atoms with van der Waals surface area (Å²) in [7, 11) is 0.